The van der Waals surface area contributed by atoms with Crippen molar-refractivity contribution in [2.24, 2.45) is 0 Å². The molecular formula is C29H30P2. The van der Waals surface area contributed by atoms with Gasteiger partial charge in [-0.15, -0.1) is 0 Å². The summed E-state index contributed by atoms with van der Waals surface area (Å²) >= 11 is 0. The molecule has 4 rings (SSSR count). The topological polar surface area (TPSA) is 0 Å². The van der Waals surface area contributed by atoms with Gasteiger partial charge in [0.15, 0.2) is 0 Å². The molecule has 0 bridgehead atoms. The van der Waals surface area contributed by atoms with Crippen LogP contribution in [-0.2, 0) is 0 Å². The van der Waals surface area contributed by atoms with Gasteiger partial charge in [0.2, 0.25) is 0 Å². The predicted molar refractivity (Wildman–Crippen MR) is 142 cm³/mol. The minimum Gasteiger partial charge on any atom is -0.0587 e. The van der Waals surface area contributed by atoms with Crippen molar-refractivity contribution in [3.8, 4) is 0 Å². The van der Waals surface area contributed by atoms with Crippen LogP contribution in [0.2, 0.25) is 0 Å². The van der Waals surface area contributed by atoms with Gasteiger partial charge in [0.05, 0.1) is 0 Å². The number of hydrogen-bond donors (Lipinski definition) is 0. The molecule has 0 heterocycles. The Morgan fingerprint density at radius 1 is 0.355 bits per heavy atom. The average molecular weight is 441 g/mol. The second-order valence-electron chi connectivity index (χ2n) is 8.34. The molecule has 0 N–H and O–H groups in total. The zero-order chi connectivity index (χ0) is 21.8. The lowest BCUT2D eigenvalue weighted by molar-refractivity contribution is 1.48. The number of rotatable bonds is 6. The smallest absolute Gasteiger partial charge is 0.00405 e. The van der Waals surface area contributed by atoms with Crippen molar-refractivity contribution in [3.05, 3.63) is 119 Å². The van der Waals surface area contributed by atoms with Crippen molar-refractivity contribution in [3.63, 3.8) is 0 Å². The molecule has 0 fully saturated rings. The van der Waals surface area contributed by atoms with Crippen molar-refractivity contribution in [2.75, 3.05) is 5.90 Å². The number of benzene rings is 4. The highest BCUT2D eigenvalue weighted by Gasteiger charge is 2.22. The highest BCUT2D eigenvalue weighted by molar-refractivity contribution is 7.88. The van der Waals surface area contributed by atoms with Gasteiger partial charge < -0.3 is 0 Å². The summed E-state index contributed by atoms with van der Waals surface area (Å²) in [6, 6.07) is 36.9. The number of hydrogen-bond acceptors (Lipinski definition) is 0. The van der Waals surface area contributed by atoms with Gasteiger partial charge >= 0.3 is 0 Å². The maximum atomic E-state index is 2.35. The molecule has 0 saturated carbocycles. The first-order valence-corrected chi connectivity index (χ1v) is 13.9. The molecule has 0 aromatic heterocycles. The van der Waals surface area contributed by atoms with Crippen LogP contribution in [0.4, 0.5) is 0 Å². The summed E-state index contributed by atoms with van der Waals surface area (Å²) in [5.41, 5.74) is 5.28. The summed E-state index contributed by atoms with van der Waals surface area (Å²) in [6.07, 6.45) is 0. The maximum absolute atomic E-state index is 2.35. The Kier molecular flexibility index (Phi) is 7.02. The third-order valence-corrected chi connectivity index (χ3v) is 11.6. The van der Waals surface area contributed by atoms with Crippen LogP contribution in [0.15, 0.2) is 97.1 Å². The zero-order valence-corrected chi connectivity index (χ0v) is 20.6. The molecule has 0 atom stereocenters. The Morgan fingerprint density at radius 2 is 0.548 bits per heavy atom. The van der Waals surface area contributed by atoms with E-state index in [0.717, 1.165) is 0 Å². The van der Waals surface area contributed by atoms with Crippen LogP contribution in [0.1, 0.15) is 22.3 Å². The predicted octanol–water partition coefficient (Wildman–Crippen LogP) is 6.44. The molecule has 0 aliphatic heterocycles. The molecule has 4 aromatic rings. The SMILES string of the molecule is Cc1ccc(P(CP(c2ccc(C)cc2)c2ccc(C)cc2)c2ccc(C)cc2)cc1. The average Bonchev–Trinajstić information content (AvgIpc) is 2.78. The molecule has 0 nitrogen and oxygen atoms in total. The highest BCUT2D eigenvalue weighted by Crippen LogP contribution is 2.48. The molecular weight excluding hydrogens is 410 g/mol. The Labute approximate surface area is 189 Å². The van der Waals surface area contributed by atoms with E-state index >= 15 is 0 Å². The third kappa shape index (κ3) is 5.51. The van der Waals surface area contributed by atoms with E-state index in [-0.39, 0.29) is 0 Å². The van der Waals surface area contributed by atoms with Crippen molar-refractivity contribution in [2.45, 2.75) is 27.7 Å². The normalized spacial score (nSPS) is 11.3. The Hall–Kier alpha value is -2.26. The minimum atomic E-state index is -0.449. The summed E-state index contributed by atoms with van der Waals surface area (Å²) in [6.45, 7) is 8.68. The molecule has 31 heavy (non-hydrogen) atoms. The third-order valence-electron chi connectivity index (χ3n) is 5.67. The molecule has 0 amide bonds. The van der Waals surface area contributed by atoms with E-state index in [1.165, 1.54) is 49.4 Å². The summed E-state index contributed by atoms with van der Waals surface area (Å²) in [5.74, 6) is 1.17. The molecule has 0 radical (unpaired) electrons. The molecule has 2 heteroatoms. The van der Waals surface area contributed by atoms with Gasteiger partial charge in [0.25, 0.3) is 0 Å². The van der Waals surface area contributed by atoms with E-state index in [4.69, 9.17) is 0 Å². The van der Waals surface area contributed by atoms with Gasteiger partial charge in [-0.2, -0.15) is 0 Å². The van der Waals surface area contributed by atoms with E-state index in [0.29, 0.717) is 0 Å². The van der Waals surface area contributed by atoms with E-state index in [1.807, 2.05) is 0 Å². The second kappa shape index (κ2) is 9.91. The van der Waals surface area contributed by atoms with E-state index in [9.17, 15) is 0 Å². The molecule has 0 unspecified atom stereocenters. The lowest BCUT2D eigenvalue weighted by Crippen LogP contribution is -2.20. The standard InChI is InChI=1S/C29H30P2/c1-22-5-13-26(14-6-22)30(27-15-7-23(2)8-16-27)21-31(28-17-9-24(3)10-18-28)29-19-11-25(4)12-20-29/h5-20H,21H2,1-4H3. The van der Waals surface area contributed by atoms with Gasteiger partial charge in [-0.1, -0.05) is 119 Å². The molecule has 0 aliphatic carbocycles. The van der Waals surface area contributed by atoms with Crippen LogP contribution in [0, 0.1) is 27.7 Å². The molecule has 4 aromatic carbocycles. The quantitative estimate of drug-likeness (QED) is 0.303. The van der Waals surface area contributed by atoms with Crippen molar-refractivity contribution >= 4 is 37.1 Å². The second-order valence-corrected chi connectivity index (χ2v) is 13.2. The van der Waals surface area contributed by atoms with Gasteiger partial charge in [-0.05, 0) is 64.8 Å². The van der Waals surface area contributed by atoms with E-state index < -0.39 is 15.8 Å². The summed E-state index contributed by atoms with van der Waals surface area (Å²) in [5, 5.41) is 5.87. The van der Waals surface area contributed by atoms with Crippen molar-refractivity contribution in [1.29, 1.82) is 0 Å². The van der Waals surface area contributed by atoms with Gasteiger partial charge in [-0.25, -0.2) is 0 Å². The van der Waals surface area contributed by atoms with Gasteiger partial charge in [0, 0.05) is 5.90 Å². The van der Waals surface area contributed by atoms with Gasteiger partial charge in [0.1, 0.15) is 0 Å². The Morgan fingerprint density at radius 3 is 0.742 bits per heavy atom. The molecule has 156 valence electrons. The van der Waals surface area contributed by atoms with Crippen molar-refractivity contribution < 1.29 is 0 Å². The van der Waals surface area contributed by atoms with Crippen LogP contribution in [0.25, 0.3) is 0 Å². The van der Waals surface area contributed by atoms with E-state index in [2.05, 4.69) is 125 Å². The Balaban J connectivity index is 1.79. The van der Waals surface area contributed by atoms with Crippen LogP contribution >= 0.6 is 15.8 Å². The summed E-state index contributed by atoms with van der Waals surface area (Å²) in [4.78, 5) is 0. The van der Waals surface area contributed by atoms with Gasteiger partial charge in [-0.3, -0.25) is 0 Å². The lowest BCUT2D eigenvalue weighted by atomic mass is 10.2. The lowest BCUT2D eigenvalue weighted by Gasteiger charge is -2.26. The fourth-order valence-electron chi connectivity index (χ4n) is 3.66. The van der Waals surface area contributed by atoms with Crippen LogP contribution in [-0.4, -0.2) is 5.90 Å². The van der Waals surface area contributed by atoms with Crippen LogP contribution in [0.5, 0.6) is 0 Å². The molecule has 0 spiro atoms. The number of aryl methyl sites for hydroxylation is 4. The van der Waals surface area contributed by atoms with Crippen molar-refractivity contribution in [1.82, 2.24) is 0 Å². The van der Waals surface area contributed by atoms with E-state index in [1.54, 1.807) is 0 Å². The monoisotopic (exact) mass is 440 g/mol. The van der Waals surface area contributed by atoms with Crippen LogP contribution < -0.4 is 21.2 Å². The highest BCUT2D eigenvalue weighted by atomic mass is 31.2. The molecule has 0 saturated heterocycles. The largest absolute Gasteiger partial charge is 0.0587 e. The first-order chi connectivity index (χ1) is 15.0. The maximum Gasteiger partial charge on any atom is 0.00405 e. The first-order valence-electron chi connectivity index (χ1n) is 10.8. The zero-order valence-electron chi connectivity index (χ0n) is 18.8. The minimum absolute atomic E-state index is 0.449. The van der Waals surface area contributed by atoms with Crippen LogP contribution in [0.3, 0.4) is 0 Å². The first kappa shape index (κ1) is 22.0. The fourth-order valence-corrected chi connectivity index (χ4v) is 10.0. The molecule has 0 aliphatic rings. The summed E-state index contributed by atoms with van der Waals surface area (Å²) < 4.78 is 0. The summed E-state index contributed by atoms with van der Waals surface area (Å²) in [7, 11) is -0.898. The Bertz CT molecular complexity index is 925. The fraction of sp³-hybridized carbons (Fsp3) is 0.172.